The van der Waals surface area contributed by atoms with Crippen molar-refractivity contribution in [1.82, 2.24) is 5.32 Å². The van der Waals surface area contributed by atoms with E-state index in [1.165, 1.54) is 0 Å². The first kappa shape index (κ1) is 10.7. The molecule has 0 saturated carbocycles. The van der Waals surface area contributed by atoms with E-state index in [2.05, 4.69) is 5.32 Å². The van der Waals surface area contributed by atoms with Gasteiger partial charge in [-0.1, -0.05) is 12.1 Å². The molecule has 1 aromatic carbocycles. The average Bonchev–Trinajstić information content (AvgIpc) is 2.27. The van der Waals surface area contributed by atoms with E-state index < -0.39 is 0 Å². The molecule has 0 aliphatic heterocycles. The number of Topliss-reactive ketones (excluding diaryl/α,β-unsaturated/α-hetero) is 1. The number of nitrogens with one attached hydrogen (secondary N) is 1. The quantitative estimate of drug-likeness (QED) is 0.736. The standard InChI is InChI=1S/C11H15NO2/c1-8(12-2)11(13)9-5-4-6-10(7-9)14-3/h4-8,12H,1-3H3/t8-/m1/s1. The van der Waals surface area contributed by atoms with Crippen LogP contribution >= 0.6 is 0 Å². The largest absolute Gasteiger partial charge is 0.497 e. The van der Waals surface area contributed by atoms with Gasteiger partial charge < -0.3 is 10.1 Å². The fourth-order valence-electron chi connectivity index (χ4n) is 1.16. The first-order valence-electron chi connectivity index (χ1n) is 4.54. The van der Waals surface area contributed by atoms with Crippen molar-refractivity contribution in [3.05, 3.63) is 29.8 Å². The van der Waals surface area contributed by atoms with Crippen molar-refractivity contribution in [3.8, 4) is 5.75 Å². The molecule has 1 atom stereocenters. The van der Waals surface area contributed by atoms with Crippen LogP contribution in [0, 0.1) is 0 Å². The molecule has 0 saturated heterocycles. The number of benzene rings is 1. The molecular formula is C11H15NO2. The fourth-order valence-corrected chi connectivity index (χ4v) is 1.16. The van der Waals surface area contributed by atoms with Crippen molar-refractivity contribution in [3.63, 3.8) is 0 Å². The molecule has 1 N–H and O–H groups in total. The van der Waals surface area contributed by atoms with Crippen molar-refractivity contribution < 1.29 is 9.53 Å². The maximum Gasteiger partial charge on any atom is 0.179 e. The van der Waals surface area contributed by atoms with Crippen LogP contribution in [0.25, 0.3) is 0 Å². The van der Waals surface area contributed by atoms with Crippen LogP contribution in [0.2, 0.25) is 0 Å². The lowest BCUT2D eigenvalue weighted by atomic mass is 10.1. The normalized spacial score (nSPS) is 12.2. The number of likely N-dealkylation sites (N-methyl/N-ethyl adjacent to an activating group) is 1. The summed E-state index contributed by atoms with van der Waals surface area (Å²) in [4.78, 5) is 11.7. The predicted octanol–water partition coefficient (Wildman–Crippen LogP) is 1.49. The van der Waals surface area contributed by atoms with Gasteiger partial charge in [-0.05, 0) is 26.1 Å². The molecule has 0 aromatic heterocycles. The number of hydrogen-bond acceptors (Lipinski definition) is 3. The smallest absolute Gasteiger partial charge is 0.179 e. The van der Waals surface area contributed by atoms with Crippen molar-refractivity contribution in [2.75, 3.05) is 14.2 Å². The summed E-state index contributed by atoms with van der Waals surface area (Å²) in [5.74, 6) is 0.783. The van der Waals surface area contributed by atoms with E-state index in [-0.39, 0.29) is 11.8 Å². The van der Waals surface area contributed by atoms with Gasteiger partial charge in [-0.25, -0.2) is 0 Å². The Morgan fingerprint density at radius 1 is 1.50 bits per heavy atom. The molecule has 0 radical (unpaired) electrons. The second-order valence-electron chi connectivity index (χ2n) is 3.11. The minimum atomic E-state index is -0.165. The number of methoxy groups -OCH3 is 1. The molecule has 3 nitrogen and oxygen atoms in total. The molecule has 0 heterocycles. The van der Waals surface area contributed by atoms with Crippen molar-refractivity contribution in [2.45, 2.75) is 13.0 Å². The Morgan fingerprint density at radius 2 is 2.21 bits per heavy atom. The van der Waals surface area contributed by atoms with E-state index in [1.807, 2.05) is 19.1 Å². The van der Waals surface area contributed by atoms with Crippen LogP contribution < -0.4 is 10.1 Å². The third-order valence-corrected chi connectivity index (χ3v) is 2.18. The van der Waals surface area contributed by atoms with E-state index in [1.54, 1.807) is 26.3 Å². The highest BCUT2D eigenvalue weighted by molar-refractivity contribution is 6.00. The second kappa shape index (κ2) is 4.77. The molecule has 3 heteroatoms. The zero-order valence-corrected chi connectivity index (χ0v) is 8.70. The number of hydrogen-bond donors (Lipinski definition) is 1. The van der Waals surface area contributed by atoms with Gasteiger partial charge in [0.2, 0.25) is 0 Å². The molecule has 0 spiro atoms. The van der Waals surface area contributed by atoms with Gasteiger partial charge in [0.05, 0.1) is 13.2 Å². The predicted molar refractivity (Wildman–Crippen MR) is 55.8 cm³/mol. The van der Waals surface area contributed by atoms with E-state index >= 15 is 0 Å². The summed E-state index contributed by atoms with van der Waals surface area (Å²) < 4.78 is 5.05. The number of rotatable bonds is 4. The van der Waals surface area contributed by atoms with Crippen LogP contribution in [0.15, 0.2) is 24.3 Å². The summed E-state index contributed by atoms with van der Waals surface area (Å²) >= 11 is 0. The fraction of sp³-hybridized carbons (Fsp3) is 0.364. The van der Waals surface area contributed by atoms with Gasteiger partial charge in [0.15, 0.2) is 5.78 Å². The molecule has 1 rings (SSSR count). The summed E-state index contributed by atoms with van der Waals surface area (Å²) in [6, 6.07) is 7.01. The van der Waals surface area contributed by atoms with E-state index in [4.69, 9.17) is 4.74 Å². The Morgan fingerprint density at radius 3 is 2.79 bits per heavy atom. The van der Waals surface area contributed by atoms with Crippen LogP contribution in [0.3, 0.4) is 0 Å². The molecular weight excluding hydrogens is 178 g/mol. The Bertz CT molecular complexity index is 323. The van der Waals surface area contributed by atoms with Gasteiger partial charge in [0, 0.05) is 5.56 Å². The highest BCUT2D eigenvalue weighted by Gasteiger charge is 2.12. The average molecular weight is 193 g/mol. The van der Waals surface area contributed by atoms with E-state index in [0.29, 0.717) is 11.3 Å². The summed E-state index contributed by atoms with van der Waals surface area (Å²) in [5.41, 5.74) is 0.672. The summed E-state index contributed by atoms with van der Waals surface area (Å²) in [7, 11) is 3.35. The molecule has 0 unspecified atom stereocenters. The Kier molecular flexibility index (Phi) is 3.65. The monoisotopic (exact) mass is 193 g/mol. The van der Waals surface area contributed by atoms with E-state index in [0.717, 1.165) is 0 Å². The second-order valence-corrected chi connectivity index (χ2v) is 3.11. The molecule has 0 bridgehead atoms. The van der Waals surface area contributed by atoms with Gasteiger partial charge >= 0.3 is 0 Å². The summed E-state index contributed by atoms with van der Waals surface area (Å²) in [6.07, 6.45) is 0. The molecule has 76 valence electrons. The van der Waals surface area contributed by atoms with Crippen LogP contribution in [0.4, 0.5) is 0 Å². The minimum Gasteiger partial charge on any atom is -0.497 e. The first-order valence-corrected chi connectivity index (χ1v) is 4.54. The highest BCUT2D eigenvalue weighted by atomic mass is 16.5. The molecule has 14 heavy (non-hydrogen) atoms. The van der Waals surface area contributed by atoms with Gasteiger partial charge in [0.1, 0.15) is 5.75 Å². The van der Waals surface area contributed by atoms with E-state index in [9.17, 15) is 4.79 Å². The first-order chi connectivity index (χ1) is 6.69. The third-order valence-electron chi connectivity index (χ3n) is 2.18. The molecule has 0 aliphatic carbocycles. The van der Waals surface area contributed by atoms with Gasteiger partial charge in [-0.2, -0.15) is 0 Å². The zero-order valence-electron chi connectivity index (χ0n) is 8.70. The van der Waals surface area contributed by atoms with Crippen LogP contribution in [0.5, 0.6) is 5.75 Å². The van der Waals surface area contributed by atoms with Crippen LogP contribution in [0.1, 0.15) is 17.3 Å². The summed E-state index contributed by atoms with van der Waals surface area (Å²) in [5, 5.41) is 2.91. The molecule has 0 aliphatic rings. The Balaban J connectivity index is 2.90. The van der Waals surface area contributed by atoms with Crippen LogP contribution in [-0.2, 0) is 0 Å². The number of ether oxygens (including phenoxy) is 1. The molecule has 0 amide bonds. The lowest BCUT2D eigenvalue weighted by Gasteiger charge is -2.09. The molecule has 0 fully saturated rings. The zero-order chi connectivity index (χ0) is 10.6. The Hall–Kier alpha value is -1.35. The maximum absolute atomic E-state index is 11.7. The highest BCUT2D eigenvalue weighted by Crippen LogP contribution is 2.13. The Labute approximate surface area is 84.1 Å². The van der Waals surface area contributed by atoms with Gasteiger partial charge in [-0.15, -0.1) is 0 Å². The lowest BCUT2D eigenvalue weighted by molar-refractivity contribution is 0.0954. The van der Waals surface area contributed by atoms with Crippen molar-refractivity contribution in [2.24, 2.45) is 0 Å². The number of carbonyl (C=O) groups is 1. The topological polar surface area (TPSA) is 38.3 Å². The third kappa shape index (κ3) is 2.33. The summed E-state index contributed by atoms with van der Waals surface area (Å²) in [6.45, 7) is 1.84. The van der Waals surface area contributed by atoms with Gasteiger partial charge in [0.25, 0.3) is 0 Å². The number of carbonyl (C=O) groups excluding carboxylic acids is 1. The number of ketones is 1. The van der Waals surface area contributed by atoms with Crippen molar-refractivity contribution >= 4 is 5.78 Å². The maximum atomic E-state index is 11.7. The van der Waals surface area contributed by atoms with Crippen LogP contribution in [-0.4, -0.2) is 26.0 Å². The molecule has 1 aromatic rings. The van der Waals surface area contributed by atoms with Crippen molar-refractivity contribution in [1.29, 1.82) is 0 Å². The minimum absolute atomic E-state index is 0.0754. The lowest BCUT2D eigenvalue weighted by Crippen LogP contribution is -2.30. The SMILES string of the molecule is CN[C@H](C)C(=O)c1cccc(OC)c1. The van der Waals surface area contributed by atoms with Gasteiger partial charge in [-0.3, -0.25) is 4.79 Å².